The molecule has 0 bridgehead atoms. The average molecular weight is 567 g/mol. The van der Waals surface area contributed by atoms with Gasteiger partial charge in [0.2, 0.25) is 0 Å². The van der Waals surface area contributed by atoms with Gasteiger partial charge in [-0.1, -0.05) is 126 Å². The van der Waals surface area contributed by atoms with E-state index in [1.165, 1.54) is 88.2 Å². The topological polar surface area (TPSA) is 35.5 Å². The Labute approximate surface area is 252 Å². The summed E-state index contributed by atoms with van der Waals surface area (Å²) < 4.78 is 12.7. The number of hydrogen-bond acceptors (Lipinski definition) is 3. The predicted octanol–water partition coefficient (Wildman–Crippen LogP) is 9.69. The summed E-state index contributed by atoms with van der Waals surface area (Å²) in [5, 5.41) is 0. The number of unbranched alkanes of at least 4 members (excludes halogenated alkanes) is 12. The van der Waals surface area contributed by atoms with Gasteiger partial charge in [0.15, 0.2) is 0 Å². The quantitative estimate of drug-likeness (QED) is 0.0721. The van der Waals surface area contributed by atoms with Crippen LogP contribution in [0.2, 0.25) is 0 Å². The number of nitrogens with zero attached hydrogens (tertiary/aromatic N) is 1. The first-order valence-corrected chi connectivity index (χ1v) is 16.7. The molecule has 1 unspecified atom stereocenters. The number of para-hydroxylation sites is 1. The number of rotatable bonds is 24. The van der Waals surface area contributed by atoms with Crippen LogP contribution in [-0.4, -0.2) is 43.8 Å². The molecule has 0 saturated carbocycles. The van der Waals surface area contributed by atoms with Gasteiger partial charge in [0, 0.05) is 12.0 Å². The molecule has 0 aliphatic rings. The summed E-state index contributed by atoms with van der Waals surface area (Å²) in [4.78, 5) is 12.3. The summed E-state index contributed by atoms with van der Waals surface area (Å²) in [5.41, 5.74) is 2.61. The lowest BCUT2D eigenvalue weighted by Gasteiger charge is -2.30. The van der Waals surface area contributed by atoms with E-state index < -0.39 is 0 Å². The second-order valence-electron chi connectivity index (χ2n) is 12.6. The Bertz CT molecular complexity index is 927. The SMILES string of the molecule is CCCCCCCCCCCCCCc1ccccc1OC(C)COC(=O)CCCC[N+](C)(C)Cc1ccccc1. The van der Waals surface area contributed by atoms with E-state index in [2.05, 4.69) is 63.5 Å². The molecule has 0 amide bonds. The fourth-order valence-electron chi connectivity index (χ4n) is 5.48. The van der Waals surface area contributed by atoms with Crippen LogP contribution in [0.5, 0.6) is 5.75 Å². The van der Waals surface area contributed by atoms with Crippen molar-refractivity contribution in [2.24, 2.45) is 0 Å². The first-order chi connectivity index (χ1) is 19.9. The molecule has 0 aliphatic carbocycles. The molecule has 41 heavy (non-hydrogen) atoms. The van der Waals surface area contributed by atoms with Crippen molar-refractivity contribution in [1.82, 2.24) is 0 Å². The maximum Gasteiger partial charge on any atom is 0.305 e. The van der Waals surface area contributed by atoms with Crippen LogP contribution in [0.25, 0.3) is 0 Å². The van der Waals surface area contributed by atoms with Crippen LogP contribution in [0, 0.1) is 0 Å². The molecule has 230 valence electrons. The Balaban J connectivity index is 1.55. The van der Waals surface area contributed by atoms with Crippen LogP contribution in [0.1, 0.15) is 121 Å². The third-order valence-corrected chi connectivity index (χ3v) is 7.93. The second kappa shape index (κ2) is 21.4. The maximum absolute atomic E-state index is 12.3. The molecule has 0 aliphatic heterocycles. The summed E-state index contributed by atoms with van der Waals surface area (Å²) in [7, 11) is 4.50. The first-order valence-electron chi connectivity index (χ1n) is 16.7. The normalized spacial score (nSPS) is 12.3. The van der Waals surface area contributed by atoms with E-state index in [4.69, 9.17) is 9.47 Å². The van der Waals surface area contributed by atoms with Crippen molar-refractivity contribution < 1.29 is 18.8 Å². The third kappa shape index (κ3) is 17.3. The second-order valence-corrected chi connectivity index (χ2v) is 12.6. The van der Waals surface area contributed by atoms with Crippen LogP contribution >= 0.6 is 0 Å². The van der Waals surface area contributed by atoms with E-state index in [1.807, 2.05) is 19.1 Å². The van der Waals surface area contributed by atoms with E-state index in [9.17, 15) is 4.79 Å². The van der Waals surface area contributed by atoms with E-state index in [-0.39, 0.29) is 12.1 Å². The summed E-state index contributed by atoms with van der Waals surface area (Å²) in [6.45, 7) is 6.60. The number of aryl methyl sites for hydroxylation is 1. The van der Waals surface area contributed by atoms with Crippen LogP contribution in [0.15, 0.2) is 54.6 Å². The monoisotopic (exact) mass is 566 g/mol. The molecule has 2 aromatic carbocycles. The molecule has 1 atom stereocenters. The van der Waals surface area contributed by atoms with E-state index >= 15 is 0 Å². The Hall–Kier alpha value is -2.33. The molecule has 0 radical (unpaired) electrons. The van der Waals surface area contributed by atoms with E-state index in [0.717, 1.165) is 42.6 Å². The van der Waals surface area contributed by atoms with Gasteiger partial charge in [-0.15, -0.1) is 0 Å². The van der Waals surface area contributed by atoms with E-state index in [0.29, 0.717) is 13.0 Å². The highest BCUT2D eigenvalue weighted by atomic mass is 16.6. The summed E-state index contributed by atoms with van der Waals surface area (Å²) in [6.07, 6.45) is 19.6. The highest BCUT2D eigenvalue weighted by Crippen LogP contribution is 2.22. The molecular weight excluding hydrogens is 506 g/mol. The molecule has 0 saturated heterocycles. The minimum absolute atomic E-state index is 0.126. The van der Waals surface area contributed by atoms with Crippen molar-refractivity contribution in [3.63, 3.8) is 0 Å². The maximum atomic E-state index is 12.3. The van der Waals surface area contributed by atoms with Crippen molar-refractivity contribution in [1.29, 1.82) is 0 Å². The highest BCUT2D eigenvalue weighted by molar-refractivity contribution is 5.69. The van der Waals surface area contributed by atoms with Gasteiger partial charge in [-0.3, -0.25) is 4.79 Å². The molecule has 4 nitrogen and oxygen atoms in total. The number of benzene rings is 2. The van der Waals surface area contributed by atoms with Gasteiger partial charge in [0.05, 0.1) is 20.6 Å². The third-order valence-electron chi connectivity index (χ3n) is 7.93. The van der Waals surface area contributed by atoms with Crippen molar-refractivity contribution in [3.05, 3.63) is 65.7 Å². The van der Waals surface area contributed by atoms with Gasteiger partial charge in [-0.05, 0) is 44.2 Å². The molecular formula is C37H60NO3+. The molecule has 2 aromatic rings. The standard InChI is InChI=1S/C37H60NO3/c1-5-6-7-8-9-10-11-12-13-14-15-19-26-35-27-20-21-28-36(35)41-33(2)32-40-37(39)29-22-23-30-38(3,4)31-34-24-17-16-18-25-34/h16-18,20-21,24-25,27-28,33H,5-15,19,22-23,26,29-32H2,1-4H3/q+1. The zero-order valence-electron chi connectivity index (χ0n) is 26.9. The average Bonchev–Trinajstić information content (AvgIpc) is 2.96. The first kappa shape index (κ1) is 34.9. The van der Waals surface area contributed by atoms with Gasteiger partial charge in [-0.2, -0.15) is 0 Å². The molecule has 0 heterocycles. The van der Waals surface area contributed by atoms with Gasteiger partial charge < -0.3 is 14.0 Å². The van der Waals surface area contributed by atoms with Gasteiger partial charge in [0.1, 0.15) is 25.0 Å². The molecule has 0 fully saturated rings. The van der Waals surface area contributed by atoms with Crippen LogP contribution in [0.3, 0.4) is 0 Å². The zero-order valence-corrected chi connectivity index (χ0v) is 26.9. The van der Waals surface area contributed by atoms with Crippen molar-refractivity contribution in [3.8, 4) is 5.75 Å². The number of ether oxygens (including phenoxy) is 2. The number of carbonyl (C=O) groups excluding carboxylic acids is 1. The minimum atomic E-state index is -0.163. The largest absolute Gasteiger partial charge is 0.487 e. The molecule has 0 spiro atoms. The fourth-order valence-corrected chi connectivity index (χ4v) is 5.48. The summed E-state index contributed by atoms with van der Waals surface area (Å²) in [6, 6.07) is 18.9. The molecule has 0 aromatic heterocycles. The Morgan fingerprint density at radius 3 is 1.98 bits per heavy atom. The number of carbonyl (C=O) groups is 1. The van der Waals surface area contributed by atoms with Crippen LogP contribution < -0.4 is 4.74 Å². The van der Waals surface area contributed by atoms with Gasteiger partial charge in [0.25, 0.3) is 0 Å². The smallest absolute Gasteiger partial charge is 0.305 e. The summed E-state index contributed by atoms with van der Waals surface area (Å²) in [5.74, 6) is 0.802. The molecule has 0 N–H and O–H groups in total. The molecule has 4 heteroatoms. The Morgan fingerprint density at radius 2 is 1.32 bits per heavy atom. The fraction of sp³-hybridized carbons (Fsp3) is 0.649. The summed E-state index contributed by atoms with van der Waals surface area (Å²) >= 11 is 0. The number of quaternary nitrogens is 1. The predicted molar refractivity (Wildman–Crippen MR) is 173 cm³/mol. The van der Waals surface area contributed by atoms with Crippen molar-refractivity contribution >= 4 is 5.97 Å². The van der Waals surface area contributed by atoms with Crippen molar-refractivity contribution in [2.45, 2.75) is 129 Å². The molecule has 2 rings (SSSR count). The Kier molecular flexibility index (Phi) is 18.2. The number of hydrogen-bond donors (Lipinski definition) is 0. The highest BCUT2D eigenvalue weighted by Gasteiger charge is 2.16. The van der Waals surface area contributed by atoms with Crippen LogP contribution in [0.4, 0.5) is 0 Å². The minimum Gasteiger partial charge on any atom is -0.487 e. The van der Waals surface area contributed by atoms with Gasteiger partial charge >= 0.3 is 5.97 Å². The van der Waals surface area contributed by atoms with E-state index in [1.54, 1.807) is 0 Å². The van der Waals surface area contributed by atoms with Gasteiger partial charge in [-0.25, -0.2) is 0 Å². The number of esters is 1. The lowest BCUT2D eigenvalue weighted by atomic mass is 10.0. The van der Waals surface area contributed by atoms with Crippen molar-refractivity contribution in [2.75, 3.05) is 27.2 Å². The Morgan fingerprint density at radius 1 is 0.732 bits per heavy atom. The lowest BCUT2D eigenvalue weighted by Crippen LogP contribution is -2.39. The van der Waals surface area contributed by atoms with Crippen LogP contribution in [-0.2, 0) is 22.5 Å². The lowest BCUT2D eigenvalue weighted by molar-refractivity contribution is -0.903. The zero-order chi connectivity index (χ0) is 29.6.